The van der Waals surface area contributed by atoms with E-state index >= 15 is 0 Å². The maximum Gasteiger partial charge on any atom is 0.324 e. The Kier molecular flexibility index (Phi) is 4.71. The van der Waals surface area contributed by atoms with Crippen LogP contribution in [0.1, 0.15) is 5.69 Å². The van der Waals surface area contributed by atoms with Gasteiger partial charge in [0.1, 0.15) is 0 Å². The molecule has 0 bridgehead atoms. The zero-order valence-corrected chi connectivity index (χ0v) is 12.5. The molecule has 1 saturated heterocycles. The number of nitrogens with one attached hydrogen (secondary N) is 2. The van der Waals surface area contributed by atoms with Crippen LogP contribution in [-0.2, 0) is 16.0 Å². The highest BCUT2D eigenvalue weighted by atomic mass is 32.2. The van der Waals surface area contributed by atoms with Crippen LogP contribution in [0.15, 0.2) is 15.4 Å². The highest BCUT2D eigenvalue weighted by molar-refractivity contribution is 7.98. The Morgan fingerprint density at radius 3 is 2.89 bits per heavy atom. The molecule has 1 aliphatic rings. The summed E-state index contributed by atoms with van der Waals surface area (Å²) in [6.07, 6.45) is 0. The van der Waals surface area contributed by atoms with Crippen LogP contribution in [0.25, 0.3) is 0 Å². The van der Waals surface area contributed by atoms with Crippen molar-refractivity contribution >= 4 is 45.2 Å². The number of thioether (sulfide) groups is 1. The van der Waals surface area contributed by atoms with Gasteiger partial charge in [-0.1, -0.05) is 4.49 Å². The standard InChI is InChI=1S/C8H12N6O2S3/c1-9-7-8(13-19(15,16)12-7)10-2-3-17-4-6-5-18-14-11-6/h5H,2-4H2,1H3,(H,9,12)(H,10,13). The van der Waals surface area contributed by atoms with E-state index in [4.69, 9.17) is 0 Å². The number of hydrogen-bond donors (Lipinski definition) is 2. The van der Waals surface area contributed by atoms with Gasteiger partial charge in [0, 0.05) is 23.9 Å². The first-order chi connectivity index (χ1) is 9.11. The van der Waals surface area contributed by atoms with Crippen LogP contribution >= 0.6 is 23.3 Å². The van der Waals surface area contributed by atoms with E-state index in [0.717, 1.165) is 17.2 Å². The quantitative estimate of drug-likeness (QED) is 0.720. The molecular formula is C8H12N6O2S3. The van der Waals surface area contributed by atoms with E-state index in [1.165, 1.54) is 18.6 Å². The molecule has 0 spiro atoms. The van der Waals surface area contributed by atoms with Gasteiger partial charge in [-0.15, -0.1) is 5.10 Å². The average Bonchev–Trinajstić information content (AvgIpc) is 2.96. The van der Waals surface area contributed by atoms with Crippen molar-refractivity contribution in [3.8, 4) is 0 Å². The molecule has 8 nitrogen and oxygen atoms in total. The first-order valence-corrected chi connectivity index (χ1v) is 8.74. The summed E-state index contributed by atoms with van der Waals surface area (Å²) in [6, 6.07) is 0. The molecule has 0 aliphatic carbocycles. The molecule has 1 aromatic heterocycles. The van der Waals surface area contributed by atoms with Gasteiger partial charge < -0.3 is 0 Å². The van der Waals surface area contributed by atoms with Crippen LogP contribution in [0.4, 0.5) is 0 Å². The van der Waals surface area contributed by atoms with Crippen LogP contribution in [0.5, 0.6) is 0 Å². The topological polar surface area (TPSA) is 109 Å². The Morgan fingerprint density at radius 1 is 1.42 bits per heavy atom. The predicted octanol–water partition coefficient (Wildman–Crippen LogP) is -0.364. The van der Waals surface area contributed by atoms with Gasteiger partial charge in [-0.2, -0.15) is 20.2 Å². The van der Waals surface area contributed by atoms with Crippen LogP contribution in [0.2, 0.25) is 0 Å². The first kappa shape index (κ1) is 14.2. The summed E-state index contributed by atoms with van der Waals surface area (Å²) in [5.41, 5.74) is 0.946. The number of nitrogens with zero attached hydrogens (tertiary/aromatic N) is 4. The third-order valence-electron chi connectivity index (χ3n) is 2.07. The summed E-state index contributed by atoms with van der Waals surface area (Å²) in [5, 5.41) is 5.83. The smallest absolute Gasteiger partial charge is 0.268 e. The molecule has 0 radical (unpaired) electrons. The van der Waals surface area contributed by atoms with Gasteiger partial charge in [0.2, 0.25) is 0 Å². The summed E-state index contributed by atoms with van der Waals surface area (Å²) >= 11 is 2.99. The van der Waals surface area contributed by atoms with E-state index in [1.807, 2.05) is 5.38 Å². The SMILES string of the molecule is CN=C1NS(=O)(=O)NC1=NCCSCc1csnn1. The van der Waals surface area contributed by atoms with Crippen molar-refractivity contribution < 1.29 is 8.42 Å². The van der Waals surface area contributed by atoms with Gasteiger partial charge in [-0.3, -0.25) is 9.98 Å². The third kappa shape index (κ3) is 4.14. The Balaban J connectivity index is 1.79. The van der Waals surface area contributed by atoms with Gasteiger partial charge in [-0.25, -0.2) is 9.44 Å². The molecule has 104 valence electrons. The largest absolute Gasteiger partial charge is 0.324 e. The molecule has 1 fully saturated rings. The predicted molar refractivity (Wildman–Crippen MR) is 76.9 cm³/mol. The second-order valence-electron chi connectivity index (χ2n) is 3.46. The monoisotopic (exact) mass is 320 g/mol. The van der Waals surface area contributed by atoms with Crippen molar-refractivity contribution in [2.75, 3.05) is 19.3 Å². The fraction of sp³-hybridized carbons (Fsp3) is 0.500. The van der Waals surface area contributed by atoms with E-state index < -0.39 is 10.2 Å². The normalized spacial score (nSPS) is 21.5. The summed E-state index contributed by atoms with van der Waals surface area (Å²) in [5.74, 6) is 2.05. The van der Waals surface area contributed by atoms with Gasteiger partial charge >= 0.3 is 10.2 Å². The zero-order chi connectivity index (χ0) is 13.7. The highest BCUT2D eigenvalue weighted by Crippen LogP contribution is 2.10. The molecule has 0 saturated carbocycles. The Labute approximate surface area is 119 Å². The second kappa shape index (κ2) is 6.30. The lowest BCUT2D eigenvalue weighted by Gasteiger charge is -1.97. The summed E-state index contributed by atoms with van der Waals surface area (Å²) in [7, 11) is -2.02. The number of hydrogen-bond acceptors (Lipinski definition) is 8. The summed E-state index contributed by atoms with van der Waals surface area (Å²) in [6.45, 7) is 0.501. The number of aliphatic imine (C=N–C) groups is 2. The van der Waals surface area contributed by atoms with Crippen LogP contribution in [-0.4, -0.2) is 49.0 Å². The van der Waals surface area contributed by atoms with Crippen molar-refractivity contribution in [2.24, 2.45) is 9.98 Å². The van der Waals surface area contributed by atoms with Crippen LogP contribution < -0.4 is 9.44 Å². The number of aromatic nitrogens is 2. The first-order valence-electron chi connectivity index (χ1n) is 5.26. The van der Waals surface area contributed by atoms with E-state index in [1.54, 1.807) is 11.8 Å². The molecule has 0 unspecified atom stereocenters. The van der Waals surface area contributed by atoms with Crippen molar-refractivity contribution in [1.29, 1.82) is 0 Å². The fourth-order valence-electron chi connectivity index (χ4n) is 1.28. The zero-order valence-electron chi connectivity index (χ0n) is 10.0. The molecule has 19 heavy (non-hydrogen) atoms. The lowest BCUT2D eigenvalue weighted by molar-refractivity contribution is 0.591. The molecule has 2 N–H and O–H groups in total. The van der Waals surface area contributed by atoms with E-state index in [9.17, 15) is 8.42 Å². The van der Waals surface area contributed by atoms with E-state index in [-0.39, 0.29) is 11.7 Å². The fourth-order valence-corrected chi connectivity index (χ4v) is 3.46. The van der Waals surface area contributed by atoms with Crippen LogP contribution in [0, 0.1) is 0 Å². The van der Waals surface area contributed by atoms with Crippen molar-refractivity contribution in [3.63, 3.8) is 0 Å². The molecule has 1 aliphatic heterocycles. The van der Waals surface area contributed by atoms with Gasteiger partial charge in [0.05, 0.1) is 12.2 Å². The molecule has 0 aromatic carbocycles. The molecule has 2 rings (SSSR count). The van der Waals surface area contributed by atoms with Gasteiger partial charge in [0.25, 0.3) is 0 Å². The lowest BCUT2D eigenvalue weighted by atomic mass is 10.5. The second-order valence-corrected chi connectivity index (χ2v) is 6.59. The molecule has 11 heteroatoms. The van der Waals surface area contributed by atoms with Crippen molar-refractivity contribution in [1.82, 2.24) is 19.0 Å². The van der Waals surface area contributed by atoms with Crippen molar-refractivity contribution in [3.05, 3.63) is 11.1 Å². The average molecular weight is 320 g/mol. The Bertz CT molecular complexity index is 580. The minimum absolute atomic E-state index is 0.244. The molecule has 1 aromatic rings. The van der Waals surface area contributed by atoms with Crippen LogP contribution in [0.3, 0.4) is 0 Å². The lowest BCUT2D eigenvalue weighted by Crippen LogP contribution is -2.24. The summed E-state index contributed by atoms with van der Waals surface area (Å²) in [4.78, 5) is 7.98. The Morgan fingerprint density at radius 2 is 2.21 bits per heavy atom. The van der Waals surface area contributed by atoms with Gasteiger partial charge in [0.15, 0.2) is 11.7 Å². The van der Waals surface area contributed by atoms with E-state index in [2.05, 4.69) is 29.0 Å². The maximum atomic E-state index is 11.3. The van der Waals surface area contributed by atoms with Crippen molar-refractivity contribution in [2.45, 2.75) is 5.75 Å². The summed E-state index contributed by atoms with van der Waals surface area (Å²) < 4.78 is 30.8. The number of amidine groups is 2. The minimum atomic E-state index is -3.52. The minimum Gasteiger partial charge on any atom is -0.268 e. The highest BCUT2D eigenvalue weighted by Gasteiger charge is 2.27. The molecule has 0 amide bonds. The Hall–Kier alpha value is -1.20. The van der Waals surface area contributed by atoms with Gasteiger partial charge in [-0.05, 0) is 11.5 Å². The third-order valence-corrected chi connectivity index (χ3v) is 4.52. The maximum absolute atomic E-state index is 11.3. The molecule has 0 atom stereocenters. The molecule has 2 heterocycles. The number of rotatable bonds is 5. The molecular weight excluding hydrogens is 308 g/mol. The van der Waals surface area contributed by atoms with E-state index in [0.29, 0.717) is 6.54 Å².